The van der Waals surface area contributed by atoms with E-state index in [2.05, 4.69) is 0 Å². The van der Waals surface area contributed by atoms with Gasteiger partial charge in [0.2, 0.25) is 5.78 Å². The van der Waals surface area contributed by atoms with E-state index in [4.69, 9.17) is 4.74 Å². The molecule has 0 aliphatic heterocycles. The molecule has 0 aliphatic carbocycles. The molecule has 0 saturated heterocycles. The average Bonchev–Trinajstić information content (AvgIpc) is 2.72. The lowest BCUT2D eigenvalue weighted by Gasteiger charge is -2.06. The molecule has 2 rings (SSSR count). The highest BCUT2D eigenvalue weighted by Gasteiger charge is 2.21. The molecular formula is C16H15F2NO3. The number of hydrogen-bond donors (Lipinski definition) is 0. The number of carbonyl (C=O) groups is 2. The van der Waals surface area contributed by atoms with Crippen LogP contribution in [0.25, 0.3) is 0 Å². The Balaban J connectivity index is 2.11. The van der Waals surface area contributed by atoms with Gasteiger partial charge in [0.1, 0.15) is 17.2 Å². The van der Waals surface area contributed by atoms with Crippen LogP contribution in [0.2, 0.25) is 0 Å². The van der Waals surface area contributed by atoms with Gasteiger partial charge in [-0.05, 0) is 32.0 Å². The van der Waals surface area contributed by atoms with Crippen LogP contribution in [0.15, 0.2) is 24.3 Å². The van der Waals surface area contributed by atoms with E-state index in [1.807, 2.05) is 18.5 Å². The molecule has 0 unspecified atom stereocenters. The van der Waals surface area contributed by atoms with Crippen LogP contribution in [0.4, 0.5) is 8.78 Å². The molecule has 1 aromatic heterocycles. The highest BCUT2D eigenvalue weighted by atomic mass is 19.1. The Morgan fingerprint density at radius 2 is 1.77 bits per heavy atom. The highest BCUT2D eigenvalue weighted by molar-refractivity contribution is 6.00. The van der Waals surface area contributed by atoms with Crippen molar-refractivity contribution in [1.82, 2.24) is 4.57 Å². The van der Waals surface area contributed by atoms with Crippen LogP contribution in [0.5, 0.6) is 0 Å². The number of aromatic nitrogens is 1. The van der Waals surface area contributed by atoms with E-state index in [1.165, 1.54) is 0 Å². The molecule has 2 aromatic rings. The SMILES string of the molecule is Cc1cc(C(=O)COC(=O)c2c(F)cccc2F)c(C)n1C. The summed E-state index contributed by atoms with van der Waals surface area (Å²) in [6.45, 7) is 3.03. The van der Waals surface area contributed by atoms with Gasteiger partial charge in [-0.15, -0.1) is 0 Å². The third-order valence-corrected chi connectivity index (χ3v) is 3.58. The zero-order valence-corrected chi connectivity index (χ0v) is 12.4. The van der Waals surface area contributed by atoms with Crippen molar-refractivity contribution in [1.29, 1.82) is 0 Å². The molecule has 0 amide bonds. The lowest BCUT2D eigenvalue weighted by atomic mass is 10.1. The largest absolute Gasteiger partial charge is 0.454 e. The zero-order valence-electron chi connectivity index (χ0n) is 12.4. The molecule has 0 fully saturated rings. The van der Waals surface area contributed by atoms with Gasteiger partial charge < -0.3 is 9.30 Å². The summed E-state index contributed by atoms with van der Waals surface area (Å²) in [6.07, 6.45) is 0. The minimum atomic E-state index is -1.20. The summed E-state index contributed by atoms with van der Waals surface area (Å²) >= 11 is 0. The quantitative estimate of drug-likeness (QED) is 0.644. The molecule has 116 valence electrons. The first-order valence-corrected chi connectivity index (χ1v) is 6.60. The molecule has 1 aromatic carbocycles. The van der Waals surface area contributed by atoms with Gasteiger partial charge in [0, 0.05) is 24.0 Å². The van der Waals surface area contributed by atoms with E-state index in [1.54, 1.807) is 13.0 Å². The van der Waals surface area contributed by atoms with Crippen molar-refractivity contribution in [3.05, 3.63) is 58.4 Å². The number of carbonyl (C=O) groups excluding carboxylic acids is 2. The van der Waals surface area contributed by atoms with Gasteiger partial charge >= 0.3 is 5.97 Å². The van der Waals surface area contributed by atoms with E-state index in [-0.39, 0.29) is 0 Å². The van der Waals surface area contributed by atoms with Crippen LogP contribution >= 0.6 is 0 Å². The third kappa shape index (κ3) is 2.90. The lowest BCUT2D eigenvalue weighted by molar-refractivity contribution is 0.0465. The molecule has 0 spiro atoms. The summed E-state index contributed by atoms with van der Waals surface area (Å²) in [5.74, 6) is -3.67. The lowest BCUT2D eigenvalue weighted by Crippen LogP contribution is -2.17. The molecule has 0 radical (unpaired) electrons. The van der Waals surface area contributed by atoms with Crippen LogP contribution < -0.4 is 0 Å². The smallest absolute Gasteiger partial charge is 0.344 e. The maximum atomic E-state index is 13.4. The van der Waals surface area contributed by atoms with Crippen LogP contribution in [0.3, 0.4) is 0 Å². The Kier molecular flexibility index (Phi) is 4.40. The summed E-state index contributed by atoms with van der Waals surface area (Å²) in [6, 6.07) is 4.72. The summed E-state index contributed by atoms with van der Waals surface area (Å²) in [7, 11) is 1.81. The Morgan fingerprint density at radius 1 is 1.18 bits per heavy atom. The molecular weight excluding hydrogens is 292 g/mol. The fourth-order valence-electron chi connectivity index (χ4n) is 2.11. The highest BCUT2D eigenvalue weighted by Crippen LogP contribution is 2.16. The number of rotatable bonds is 4. The molecule has 0 bridgehead atoms. The number of ether oxygens (including phenoxy) is 1. The molecule has 0 N–H and O–H groups in total. The fourth-order valence-corrected chi connectivity index (χ4v) is 2.11. The van der Waals surface area contributed by atoms with Gasteiger partial charge in [0.05, 0.1) is 0 Å². The van der Waals surface area contributed by atoms with Crippen molar-refractivity contribution in [2.75, 3.05) is 6.61 Å². The number of nitrogens with zero attached hydrogens (tertiary/aromatic N) is 1. The molecule has 22 heavy (non-hydrogen) atoms. The normalized spacial score (nSPS) is 10.6. The first-order chi connectivity index (χ1) is 10.3. The van der Waals surface area contributed by atoms with Gasteiger partial charge in [-0.2, -0.15) is 0 Å². The summed E-state index contributed by atoms with van der Waals surface area (Å²) in [5, 5.41) is 0. The number of hydrogen-bond acceptors (Lipinski definition) is 3. The first kappa shape index (κ1) is 15.9. The topological polar surface area (TPSA) is 48.3 Å². The van der Waals surface area contributed by atoms with Crippen molar-refractivity contribution < 1.29 is 23.1 Å². The molecule has 0 atom stereocenters. The van der Waals surface area contributed by atoms with E-state index < -0.39 is 35.6 Å². The van der Waals surface area contributed by atoms with Crippen molar-refractivity contribution in [2.24, 2.45) is 7.05 Å². The van der Waals surface area contributed by atoms with Gasteiger partial charge in [0.15, 0.2) is 6.61 Å². The number of halogens is 2. The predicted molar refractivity (Wildman–Crippen MR) is 75.9 cm³/mol. The first-order valence-electron chi connectivity index (χ1n) is 6.60. The second kappa shape index (κ2) is 6.09. The second-order valence-corrected chi connectivity index (χ2v) is 4.94. The zero-order chi connectivity index (χ0) is 16.4. The third-order valence-electron chi connectivity index (χ3n) is 3.58. The summed E-state index contributed by atoms with van der Waals surface area (Å²) in [4.78, 5) is 23.8. The maximum absolute atomic E-state index is 13.4. The van der Waals surface area contributed by atoms with E-state index in [0.29, 0.717) is 5.56 Å². The molecule has 4 nitrogen and oxygen atoms in total. The minimum absolute atomic E-state index is 0.418. The number of benzene rings is 1. The molecule has 0 aliphatic rings. The predicted octanol–water partition coefficient (Wildman–Crippen LogP) is 2.96. The van der Waals surface area contributed by atoms with Crippen molar-refractivity contribution >= 4 is 11.8 Å². The Bertz CT molecular complexity index is 730. The van der Waals surface area contributed by atoms with Crippen molar-refractivity contribution in [3.8, 4) is 0 Å². The van der Waals surface area contributed by atoms with E-state index in [9.17, 15) is 18.4 Å². The van der Waals surface area contributed by atoms with Gasteiger partial charge in [-0.1, -0.05) is 6.07 Å². The van der Waals surface area contributed by atoms with Crippen molar-refractivity contribution in [2.45, 2.75) is 13.8 Å². The maximum Gasteiger partial charge on any atom is 0.344 e. The second-order valence-electron chi connectivity index (χ2n) is 4.94. The van der Waals surface area contributed by atoms with Gasteiger partial charge in [-0.3, -0.25) is 4.79 Å². The van der Waals surface area contributed by atoms with Crippen LogP contribution in [-0.2, 0) is 11.8 Å². The Morgan fingerprint density at radius 3 is 2.27 bits per heavy atom. The minimum Gasteiger partial charge on any atom is -0.454 e. The summed E-state index contributed by atoms with van der Waals surface area (Å²) < 4.78 is 33.4. The van der Waals surface area contributed by atoms with Crippen LogP contribution in [0, 0.1) is 25.5 Å². The fraction of sp³-hybridized carbons (Fsp3) is 0.250. The van der Waals surface area contributed by atoms with Crippen molar-refractivity contribution in [3.63, 3.8) is 0 Å². The number of esters is 1. The van der Waals surface area contributed by atoms with Crippen LogP contribution in [0.1, 0.15) is 32.1 Å². The number of aryl methyl sites for hydroxylation is 1. The Hall–Kier alpha value is -2.50. The molecule has 6 heteroatoms. The van der Waals surface area contributed by atoms with E-state index >= 15 is 0 Å². The van der Waals surface area contributed by atoms with E-state index in [0.717, 1.165) is 29.6 Å². The van der Waals surface area contributed by atoms with Gasteiger partial charge in [-0.25, -0.2) is 13.6 Å². The molecule has 0 saturated carbocycles. The monoisotopic (exact) mass is 307 g/mol. The number of Topliss-reactive ketones (excluding diaryl/α,β-unsaturated/α-hetero) is 1. The average molecular weight is 307 g/mol. The van der Waals surface area contributed by atoms with Gasteiger partial charge in [0.25, 0.3) is 0 Å². The standard InChI is InChI=1S/C16H15F2NO3/c1-9-7-11(10(2)19(9)3)14(20)8-22-16(21)15-12(17)5-4-6-13(15)18/h4-7H,8H2,1-3H3. The van der Waals surface area contributed by atoms with Crippen LogP contribution in [-0.4, -0.2) is 22.9 Å². The molecule has 1 heterocycles. The number of ketones is 1. The Labute approximate surface area is 126 Å². The summed E-state index contributed by atoms with van der Waals surface area (Å²) in [5.41, 5.74) is 1.24.